The van der Waals surface area contributed by atoms with Crippen LogP contribution >= 0.6 is 0 Å². The number of hydrogen-bond acceptors (Lipinski definition) is 4. The minimum atomic E-state index is -0.331. The van der Waals surface area contributed by atoms with E-state index in [0.29, 0.717) is 13.1 Å². The summed E-state index contributed by atoms with van der Waals surface area (Å²) in [7, 11) is 0. The van der Waals surface area contributed by atoms with Crippen LogP contribution in [0.3, 0.4) is 0 Å². The van der Waals surface area contributed by atoms with E-state index in [-0.39, 0.29) is 17.5 Å². The fraction of sp³-hybridized carbons (Fsp3) is 0.786. The molecule has 1 aromatic rings. The van der Waals surface area contributed by atoms with Gasteiger partial charge < -0.3 is 10.6 Å². The molecule has 0 spiro atoms. The first-order valence-corrected chi connectivity index (χ1v) is 7.27. The van der Waals surface area contributed by atoms with E-state index < -0.39 is 0 Å². The Morgan fingerprint density at radius 1 is 1.45 bits per heavy atom. The van der Waals surface area contributed by atoms with Gasteiger partial charge in [-0.2, -0.15) is 0 Å². The van der Waals surface area contributed by atoms with Gasteiger partial charge in [-0.15, -0.1) is 5.10 Å². The van der Waals surface area contributed by atoms with E-state index in [9.17, 15) is 4.79 Å². The predicted molar refractivity (Wildman–Crippen MR) is 79.2 cm³/mol. The van der Waals surface area contributed by atoms with Crippen molar-refractivity contribution in [2.45, 2.75) is 65.6 Å². The van der Waals surface area contributed by atoms with Crippen LogP contribution in [0.1, 0.15) is 59.2 Å². The monoisotopic (exact) mass is 281 g/mol. The summed E-state index contributed by atoms with van der Waals surface area (Å²) in [5.41, 5.74) is 0.876. The highest BCUT2D eigenvalue weighted by molar-refractivity contribution is 5.79. The van der Waals surface area contributed by atoms with Crippen molar-refractivity contribution in [3.05, 3.63) is 11.9 Å². The predicted octanol–water partition coefficient (Wildman–Crippen LogP) is 1.64. The Morgan fingerprint density at radius 3 is 2.75 bits per heavy atom. The zero-order chi connectivity index (χ0) is 15.2. The molecule has 0 radical (unpaired) electrons. The third-order valence-electron chi connectivity index (χ3n) is 2.96. The van der Waals surface area contributed by atoms with Gasteiger partial charge in [0.25, 0.3) is 0 Å². The van der Waals surface area contributed by atoms with Crippen molar-refractivity contribution in [2.24, 2.45) is 0 Å². The second kappa shape index (κ2) is 7.38. The molecule has 1 aromatic heterocycles. The number of unbranched alkanes of at least 4 members (excludes halogenated alkanes) is 1. The Bertz CT molecular complexity index is 421. The van der Waals surface area contributed by atoms with E-state index in [1.54, 1.807) is 4.68 Å². The smallest absolute Gasteiger partial charge is 0.244 e. The van der Waals surface area contributed by atoms with Gasteiger partial charge in [0.1, 0.15) is 6.04 Å². The Kier molecular flexibility index (Phi) is 6.13. The van der Waals surface area contributed by atoms with Gasteiger partial charge in [-0.3, -0.25) is 4.79 Å². The molecule has 0 fully saturated rings. The first-order valence-electron chi connectivity index (χ1n) is 7.27. The molecule has 0 aromatic carbocycles. The quantitative estimate of drug-likeness (QED) is 0.745. The summed E-state index contributed by atoms with van der Waals surface area (Å²) in [4.78, 5) is 11.9. The van der Waals surface area contributed by atoms with Crippen LogP contribution < -0.4 is 10.6 Å². The highest BCUT2D eigenvalue weighted by Crippen LogP contribution is 2.06. The topological polar surface area (TPSA) is 71.8 Å². The highest BCUT2D eigenvalue weighted by atomic mass is 16.2. The van der Waals surface area contributed by atoms with Crippen molar-refractivity contribution in [1.29, 1.82) is 0 Å². The van der Waals surface area contributed by atoms with E-state index >= 15 is 0 Å². The first-order chi connectivity index (χ1) is 9.33. The lowest BCUT2D eigenvalue weighted by Crippen LogP contribution is -2.35. The van der Waals surface area contributed by atoms with Crippen molar-refractivity contribution in [1.82, 2.24) is 25.6 Å². The number of rotatable bonds is 7. The molecular weight excluding hydrogens is 254 g/mol. The van der Waals surface area contributed by atoms with E-state index in [2.05, 4.69) is 48.6 Å². The zero-order valence-electron chi connectivity index (χ0n) is 13.2. The highest BCUT2D eigenvalue weighted by Gasteiger charge is 2.17. The molecule has 0 aliphatic heterocycles. The van der Waals surface area contributed by atoms with Gasteiger partial charge in [0.05, 0.1) is 11.9 Å². The molecule has 1 unspecified atom stereocenters. The van der Waals surface area contributed by atoms with Crippen molar-refractivity contribution >= 4 is 5.91 Å². The minimum absolute atomic E-state index is 0.0151. The van der Waals surface area contributed by atoms with Gasteiger partial charge >= 0.3 is 0 Å². The van der Waals surface area contributed by atoms with Crippen LogP contribution in [-0.2, 0) is 11.3 Å². The lowest BCUT2D eigenvalue weighted by atomic mass is 10.1. The molecule has 6 nitrogen and oxygen atoms in total. The summed E-state index contributed by atoms with van der Waals surface area (Å²) in [6.07, 6.45) is 3.89. The molecule has 20 heavy (non-hydrogen) atoms. The number of amides is 1. The van der Waals surface area contributed by atoms with Crippen molar-refractivity contribution in [3.8, 4) is 0 Å². The van der Waals surface area contributed by atoms with Crippen molar-refractivity contribution in [3.63, 3.8) is 0 Å². The second-order valence-electron chi connectivity index (χ2n) is 6.11. The molecule has 0 aliphatic carbocycles. The summed E-state index contributed by atoms with van der Waals surface area (Å²) >= 11 is 0. The summed E-state index contributed by atoms with van der Waals surface area (Å²) < 4.78 is 1.61. The second-order valence-corrected chi connectivity index (χ2v) is 6.11. The van der Waals surface area contributed by atoms with Gasteiger partial charge in [-0.25, -0.2) is 4.68 Å². The molecule has 0 bridgehead atoms. The van der Waals surface area contributed by atoms with Crippen LogP contribution in [0.5, 0.6) is 0 Å². The van der Waals surface area contributed by atoms with Gasteiger partial charge in [0.15, 0.2) is 0 Å². The Balaban J connectivity index is 2.51. The molecule has 0 saturated heterocycles. The van der Waals surface area contributed by atoms with E-state index in [1.165, 1.54) is 0 Å². The van der Waals surface area contributed by atoms with Gasteiger partial charge in [-0.1, -0.05) is 18.6 Å². The van der Waals surface area contributed by atoms with Crippen LogP contribution in [0.25, 0.3) is 0 Å². The number of nitrogens with one attached hydrogen (secondary N) is 2. The van der Waals surface area contributed by atoms with Crippen molar-refractivity contribution in [2.75, 3.05) is 6.54 Å². The van der Waals surface area contributed by atoms with Crippen LogP contribution in [0.4, 0.5) is 0 Å². The van der Waals surface area contributed by atoms with Gasteiger partial charge in [0, 0.05) is 18.6 Å². The van der Waals surface area contributed by atoms with E-state index in [1.807, 2.05) is 13.1 Å². The lowest BCUT2D eigenvalue weighted by Gasteiger charge is -2.19. The number of aromatic nitrogens is 3. The minimum Gasteiger partial charge on any atom is -0.354 e. The first kappa shape index (κ1) is 16.6. The number of carbonyl (C=O) groups is 1. The number of nitrogens with zero attached hydrogens (tertiary/aromatic N) is 3. The fourth-order valence-electron chi connectivity index (χ4n) is 1.60. The summed E-state index contributed by atoms with van der Waals surface area (Å²) in [6, 6.07) is -0.331. The molecule has 6 heteroatoms. The average molecular weight is 281 g/mol. The van der Waals surface area contributed by atoms with Crippen LogP contribution in [-0.4, -0.2) is 33.0 Å². The summed E-state index contributed by atoms with van der Waals surface area (Å²) in [5, 5.41) is 14.4. The Morgan fingerprint density at radius 2 is 2.15 bits per heavy atom. The number of carbonyl (C=O) groups excluding carboxylic acids is 1. The maximum atomic E-state index is 11.9. The zero-order valence-corrected chi connectivity index (χ0v) is 13.2. The number of hydrogen-bond donors (Lipinski definition) is 2. The molecule has 1 heterocycles. The summed E-state index contributed by atoms with van der Waals surface area (Å²) in [6.45, 7) is 11.6. The molecule has 1 atom stereocenters. The largest absolute Gasteiger partial charge is 0.354 e. The standard InChI is InChI=1S/C14H27N5O/c1-6-7-8-15-13(20)11(2)19-10-12(17-18-19)9-16-14(3,4)5/h10-11,16H,6-9H2,1-5H3,(H,15,20). The SMILES string of the molecule is CCCCNC(=O)C(C)n1cc(CNC(C)(C)C)nn1. The molecular formula is C14H27N5O. The average Bonchev–Trinajstić information content (AvgIpc) is 2.83. The van der Waals surface area contributed by atoms with E-state index in [4.69, 9.17) is 0 Å². The Labute approximate surface area is 121 Å². The fourth-order valence-corrected chi connectivity index (χ4v) is 1.60. The molecule has 0 saturated carbocycles. The third-order valence-corrected chi connectivity index (χ3v) is 2.96. The molecule has 0 aliphatic rings. The normalized spacial score (nSPS) is 13.2. The third kappa shape index (κ3) is 5.69. The Hall–Kier alpha value is -1.43. The van der Waals surface area contributed by atoms with Gasteiger partial charge in [0.2, 0.25) is 5.91 Å². The van der Waals surface area contributed by atoms with Gasteiger partial charge in [-0.05, 0) is 34.1 Å². The summed E-state index contributed by atoms with van der Waals surface area (Å²) in [5.74, 6) is -0.0151. The van der Waals surface area contributed by atoms with Crippen LogP contribution in [0.2, 0.25) is 0 Å². The molecule has 1 rings (SSSR count). The van der Waals surface area contributed by atoms with Crippen LogP contribution in [0.15, 0.2) is 6.20 Å². The van der Waals surface area contributed by atoms with Crippen LogP contribution in [0, 0.1) is 0 Å². The molecule has 2 N–H and O–H groups in total. The maximum absolute atomic E-state index is 11.9. The molecule has 114 valence electrons. The maximum Gasteiger partial charge on any atom is 0.244 e. The lowest BCUT2D eigenvalue weighted by molar-refractivity contribution is -0.124. The molecule has 1 amide bonds. The van der Waals surface area contributed by atoms with Crippen molar-refractivity contribution < 1.29 is 4.79 Å². The van der Waals surface area contributed by atoms with E-state index in [0.717, 1.165) is 18.5 Å².